The zero-order chi connectivity index (χ0) is 28.0. The van der Waals surface area contributed by atoms with Crippen molar-refractivity contribution in [2.24, 2.45) is 5.73 Å². The molecule has 0 spiro atoms. The lowest BCUT2D eigenvalue weighted by Gasteiger charge is -2.12. The van der Waals surface area contributed by atoms with Crippen LogP contribution in [-0.4, -0.2) is 53.3 Å². The molecule has 0 aliphatic rings. The van der Waals surface area contributed by atoms with Gasteiger partial charge in [-0.3, -0.25) is 5.10 Å². The van der Waals surface area contributed by atoms with Crippen molar-refractivity contribution >= 4 is 5.97 Å². The molecule has 0 amide bonds. The van der Waals surface area contributed by atoms with Crippen LogP contribution in [0.15, 0.2) is 71.6 Å². The van der Waals surface area contributed by atoms with Crippen LogP contribution in [-0.2, 0) is 11.3 Å². The van der Waals surface area contributed by atoms with Crippen LogP contribution in [0.4, 0.5) is 22.0 Å². The Labute approximate surface area is 210 Å². The Hall–Kier alpha value is -4.66. The lowest BCUT2D eigenvalue weighted by atomic mass is 9.97. The molecule has 4 rings (SSSR count). The van der Waals surface area contributed by atoms with Gasteiger partial charge in [-0.2, -0.15) is 32.1 Å². The predicted octanol–water partition coefficient (Wildman–Crippen LogP) is 3.54. The molecule has 0 unspecified atom stereocenters. The summed E-state index contributed by atoms with van der Waals surface area (Å²) in [6.07, 6.45) is -4.14. The zero-order valence-electron chi connectivity index (χ0n) is 19.6. The molecule has 0 aliphatic heterocycles. The van der Waals surface area contributed by atoms with Gasteiger partial charge in [-0.1, -0.05) is 30.3 Å². The molecule has 10 nitrogen and oxygen atoms in total. The predicted molar refractivity (Wildman–Crippen MR) is 125 cm³/mol. The summed E-state index contributed by atoms with van der Waals surface area (Å²) in [4.78, 5) is 25.9. The molecule has 0 fully saturated rings. The highest BCUT2D eigenvalue weighted by molar-refractivity contribution is 5.75. The first-order chi connectivity index (χ1) is 17.9. The lowest BCUT2D eigenvalue weighted by Crippen LogP contribution is -2.26. The second-order valence-electron chi connectivity index (χ2n) is 7.67. The van der Waals surface area contributed by atoms with E-state index in [1.807, 2.05) is 43.3 Å². The fraction of sp³-hybridized carbons (Fsp3) is 0.174. The number of nitrogens with one attached hydrogen (secondary N) is 1. The Bertz CT molecular complexity index is 1500. The summed E-state index contributed by atoms with van der Waals surface area (Å²) in [5.74, 6) is -2.18. The van der Waals surface area contributed by atoms with E-state index in [1.165, 1.54) is 17.2 Å². The highest BCUT2D eigenvalue weighted by Crippen LogP contribution is 2.29. The van der Waals surface area contributed by atoms with Gasteiger partial charge in [0.2, 0.25) is 0 Å². The maximum atomic E-state index is 12.9. The highest BCUT2D eigenvalue weighted by Gasteiger charge is 2.38. The number of carboxylic acids is 1. The van der Waals surface area contributed by atoms with E-state index in [4.69, 9.17) is 15.6 Å². The van der Waals surface area contributed by atoms with Crippen LogP contribution in [0.3, 0.4) is 0 Å². The van der Waals surface area contributed by atoms with Crippen LogP contribution in [0, 0.1) is 6.92 Å². The summed E-state index contributed by atoms with van der Waals surface area (Å²) in [7, 11) is 0. The van der Waals surface area contributed by atoms with E-state index in [0.717, 1.165) is 26.9 Å². The summed E-state index contributed by atoms with van der Waals surface area (Å²) in [6, 6.07) is 13.3. The van der Waals surface area contributed by atoms with Crippen molar-refractivity contribution in [1.29, 1.82) is 0 Å². The fourth-order valence-corrected chi connectivity index (χ4v) is 3.36. The molecule has 4 aromatic rings. The average Bonchev–Trinajstić information content (AvgIpc) is 3.53. The van der Waals surface area contributed by atoms with E-state index in [-0.39, 0.29) is 18.7 Å². The van der Waals surface area contributed by atoms with E-state index < -0.39 is 23.9 Å². The number of carboxylic acid groups (broad SMARTS) is 1. The van der Waals surface area contributed by atoms with E-state index in [0.29, 0.717) is 11.5 Å². The SMILES string of the molecule is Cc1c(-c2cccc(-c3nc[nH]n3)c2)cccc1-n1cnn(CC(CN)=C(F)F)c1=O.O=C(O)C(F)(F)F. The van der Waals surface area contributed by atoms with Crippen LogP contribution < -0.4 is 11.4 Å². The first-order valence-corrected chi connectivity index (χ1v) is 10.7. The number of hydrogen-bond donors (Lipinski definition) is 3. The molecule has 0 saturated heterocycles. The maximum absolute atomic E-state index is 12.9. The Morgan fingerprint density at radius 3 is 2.37 bits per heavy atom. The van der Waals surface area contributed by atoms with Gasteiger partial charge in [0.1, 0.15) is 12.7 Å². The molecule has 4 N–H and O–H groups in total. The minimum atomic E-state index is -5.08. The molecule has 15 heteroatoms. The summed E-state index contributed by atoms with van der Waals surface area (Å²) < 4.78 is 59.9. The summed E-state index contributed by atoms with van der Waals surface area (Å²) in [6.45, 7) is 1.18. The molecule has 0 bridgehead atoms. The van der Waals surface area contributed by atoms with Gasteiger partial charge in [0, 0.05) is 17.7 Å². The van der Waals surface area contributed by atoms with Crippen LogP contribution in [0.5, 0.6) is 0 Å². The number of benzene rings is 2. The molecular formula is C23H20F5N7O3. The number of aliphatic carboxylic acids is 1. The number of alkyl halides is 3. The average molecular weight is 537 g/mol. The number of nitrogens with zero attached hydrogens (tertiary/aromatic N) is 5. The van der Waals surface area contributed by atoms with Gasteiger partial charge in [-0.15, -0.1) is 0 Å². The minimum Gasteiger partial charge on any atom is -0.475 e. The molecule has 2 aromatic heterocycles. The van der Waals surface area contributed by atoms with Crippen molar-refractivity contribution in [3.8, 4) is 28.2 Å². The number of rotatable bonds is 6. The summed E-state index contributed by atoms with van der Waals surface area (Å²) in [5, 5.41) is 17.9. The lowest BCUT2D eigenvalue weighted by molar-refractivity contribution is -0.192. The van der Waals surface area contributed by atoms with Gasteiger partial charge in [0.15, 0.2) is 5.82 Å². The Morgan fingerprint density at radius 2 is 1.79 bits per heavy atom. The molecule has 200 valence electrons. The minimum absolute atomic E-state index is 0.332. The van der Waals surface area contributed by atoms with Gasteiger partial charge in [0.25, 0.3) is 6.08 Å². The monoisotopic (exact) mass is 537 g/mol. The number of H-pyrrole nitrogens is 1. The van der Waals surface area contributed by atoms with Crippen LogP contribution in [0.2, 0.25) is 0 Å². The zero-order valence-corrected chi connectivity index (χ0v) is 19.6. The quantitative estimate of drug-likeness (QED) is 0.319. The molecule has 2 heterocycles. The maximum Gasteiger partial charge on any atom is 0.490 e. The number of halogens is 5. The Morgan fingerprint density at radius 1 is 1.13 bits per heavy atom. The first-order valence-electron chi connectivity index (χ1n) is 10.7. The van der Waals surface area contributed by atoms with Crippen molar-refractivity contribution in [1.82, 2.24) is 29.5 Å². The van der Waals surface area contributed by atoms with Crippen LogP contribution >= 0.6 is 0 Å². The second-order valence-corrected chi connectivity index (χ2v) is 7.67. The molecule has 38 heavy (non-hydrogen) atoms. The third kappa shape index (κ3) is 6.36. The van der Waals surface area contributed by atoms with Crippen LogP contribution in [0.25, 0.3) is 28.2 Å². The number of carbonyl (C=O) groups is 1. The smallest absolute Gasteiger partial charge is 0.475 e. The molecule has 0 atom stereocenters. The van der Waals surface area contributed by atoms with Crippen LogP contribution in [0.1, 0.15) is 5.56 Å². The number of hydrogen-bond acceptors (Lipinski definition) is 6. The Balaban J connectivity index is 0.000000505. The van der Waals surface area contributed by atoms with Crippen molar-refractivity contribution in [2.75, 3.05) is 6.54 Å². The second kappa shape index (κ2) is 11.6. The van der Waals surface area contributed by atoms with E-state index in [2.05, 4.69) is 20.3 Å². The normalized spacial score (nSPS) is 11.0. The molecule has 0 saturated carbocycles. The third-order valence-corrected chi connectivity index (χ3v) is 5.24. The third-order valence-electron chi connectivity index (χ3n) is 5.24. The van der Waals surface area contributed by atoms with Gasteiger partial charge < -0.3 is 10.8 Å². The van der Waals surface area contributed by atoms with Gasteiger partial charge in [0.05, 0.1) is 12.2 Å². The summed E-state index contributed by atoms with van der Waals surface area (Å²) in [5.41, 5.74) is 8.62. The van der Waals surface area contributed by atoms with E-state index in [9.17, 15) is 26.7 Å². The Kier molecular flexibility index (Phi) is 8.52. The standard InChI is InChI=1S/C21H19F2N7O.C2HF3O2/c1-13-17(14-4-2-5-15(8-14)20-25-11-26-28-20)6-3-7-18(13)29-12-27-30(21(29)31)10-16(9-24)19(22)23;3-2(4,5)1(6)7/h2-8,11-12H,9-10,24H2,1H3,(H,25,26,28);(H,6,7). The fourth-order valence-electron chi connectivity index (χ4n) is 3.36. The van der Waals surface area contributed by atoms with Crippen molar-refractivity contribution in [3.63, 3.8) is 0 Å². The number of aromatic nitrogens is 6. The van der Waals surface area contributed by atoms with E-state index in [1.54, 1.807) is 6.07 Å². The van der Waals surface area contributed by atoms with Crippen molar-refractivity contribution < 1.29 is 31.9 Å². The number of nitrogens with two attached hydrogens (primary N) is 1. The molecular weight excluding hydrogens is 517 g/mol. The highest BCUT2D eigenvalue weighted by atomic mass is 19.4. The van der Waals surface area contributed by atoms with Gasteiger partial charge in [-0.05, 0) is 35.7 Å². The van der Waals surface area contributed by atoms with Crippen molar-refractivity contribution in [3.05, 3.63) is 82.8 Å². The number of aromatic amines is 1. The summed E-state index contributed by atoms with van der Waals surface area (Å²) >= 11 is 0. The van der Waals surface area contributed by atoms with Gasteiger partial charge >= 0.3 is 17.8 Å². The largest absolute Gasteiger partial charge is 0.490 e. The van der Waals surface area contributed by atoms with Gasteiger partial charge in [-0.25, -0.2) is 23.8 Å². The molecule has 0 aliphatic carbocycles. The first kappa shape index (κ1) is 27.9. The van der Waals surface area contributed by atoms with Crippen molar-refractivity contribution in [2.45, 2.75) is 19.6 Å². The topological polar surface area (TPSA) is 145 Å². The molecule has 2 aromatic carbocycles. The molecule has 0 radical (unpaired) electrons. The van der Waals surface area contributed by atoms with E-state index >= 15 is 0 Å².